The van der Waals surface area contributed by atoms with Crippen LogP contribution in [0.25, 0.3) is 0 Å². The maximum atomic E-state index is 12.4. The predicted molar refractivity (Wildman–Crippen MR) is 134 cm³/mol. The van der Waals surface area contributed by atoms with Gasteiger partial charge in [0.15, 0.2) is 0 Å². The number of hydrogen-bond acceptors (Lipinski definition) is 6. The van der Waals surface area contributed by atoms with Gasteiger partial charge >= 0.3 is 0 Å². The van der Waals surface area contributed by atoms with E-state index in [1.807, 2.05) is 95.7 Å². The van der Waals surface area contributed by atoms with Crippen molar-refractivity contribution >= 4 is 45.9 Å². The molecule has 4 aromatic rings. The summed E-state index contributed by atoms with van der Waals surface area (Å²) in [5.74, 6) is -1.05. The zero-order valence-corrected chi connectivity index (χ0v) is 19.1. The third kappa shape index (κ3) is 6.09. The van der Waals surface area contributed by atoms with Crippen LogP contribution in [0.15, 0.2) is 106 Å². The van der Waals surface area contributed by atoms with Crippen LogP contribution in [-0.4, -0.2) is 23.2 Å². The van der Waals surface area contributed by atoms with E-state index in [2.05, 4.69) is 21.1 Å². The van der Waals surface area contributed by atoms with E-state index in [0.29, 0.717) is 11.4 Å². The topological polar surface area (TPSA) is 82.9 Å². The van der Waals surface area contributed by atoms with E-state index in [4.69, 9.17) is 0 Å². The van der Waals surface area contributed by atoms with Crippen LogP contribution in [0.3, 0.4) is 0 Å². The van der Waals surface area contributed by atoms with Crippen molar-refractivity contribution in [2.24, 2.45) is 10.2 Å². The molecule has 0 fully saturated rings. The molecule has 4 rings (SSSR count). The molecule has 2 amide bonds. The van der Waals surface area contributed by atoms with Gasteiger partial charge in [0.2, 0.25) is 11.8 Å². The van der Waals surface area contributed by atoms with Gasteiger partial charge in [-0.3, -0.25) is 9.59 Å². The highest BCUT2D eigenvalue weighted by Crippen LogP contribution is 2.17. The van der Waals surface area contributed by atoms with Crippen LogP contribution in [0.2, 0.25) is 0 Å². The average molecular weight is 473 g/mol. The Morgan fingerprint density at radius 2 is 1.03 bits per heavy atom. The summed E-state index contributed by atoms with van der Waals surface area (Å²) in [4.78, 5) is 26.6. The average Bonchev–Trinajstić information content (AvgIpc) is 3.56. The lowest BCUT2D eigenvalue weighted by atomic mass is 10.1. The van der Waals surface area contributed by atoms with E-state index >= 15 is 0 Å². The second-order valence-corrected chi connectivity index (χ2v) is 8.75. The van der Waals surface area contributed by atoms with Gasteiger partial charge in [0.1, 0.15) is 17.8 Å². The number of amides is 2. The van der Waals surface area contributed by atoms with Crippen LogP contribution < -0.4 is 10.9 Å². The molecule has 6 nitrogen and oxygen atoms in total. The number of nitrogens with zero attached hydrogens (tertiary/aromatic N) is 2. The quantitative estimate of drug-likeness (QED) is 0.223. The van der Waals surface area contributed by atoms with Gasteiger partial charge in [-0.25, -0.2) is 10.9 Å². The SMILES string of the molecule is O=C(CC(=O)N/N=C(/c1ccccc1)c1cccs1)N/N=C(/c1ccccc1)c1cccs1. The van der Waals surface area contributed by atoms with Gasteiger partial charge in [-0.05, 0) is 22.9 Å². The van der Waals surface area contributed by atoms with Crippen LogP contribution in [0, 0.1) is 0 Å². The fourth-order valence-electron chi connectivity index (χ4n) is 3.00. The second kappa shape index (κ2) is 11.1. The van der Waals surface area contributed by atoms with Crippen molar-refractivity contribution < 1.29 is 9.59 Å². The Balaban J connectivity index is 1.43. The summed E-state index contributed by atoms with van der Waals surface area (Å²) in [6, 6.07) is 26.8. The molecule has 2 aromatic heterocycles. The van der Waals surface area contributed by atoms with Crippen molar-refractivity contribution in [2.45, 2.75) is 6.42 Å². The van der Waals surface area contributed by atoms with Gasteiger partial charge in [-0.15, -0.1) is 22.7 Å². The zero-order valence-electron chi connectivity index (χ0n) is 17.5. The van der Waals surface area contributed by atoms with E-state index in [-0.39, 0.29) is 0 Å². The van der Waals surface area contributed by atoms with Crippen molar-refractivity contribution in [3.8, 4) is 0 Å². The maximum Gasteiger partial charge on any atom is 0.249 e. The van der Waals surface area contributed by atoms with Gasteiger partial charge in [0.25, 0.3) is 0 Å². The lowest BCUT2D eigenvalue weighted by Gasteiger charge is -2.07. The highest BCUT2D eigenvalue weighted by molar-refractivity contribution is 7.12. The Hall–Kier alpha value is -3.88. The third-order valence-electron chi connectivity index (χ3n) is 4.51. The number of hydrogen-bond donors (Lipinski definition) is 2. The highest BCUT2D eigenvalue weighted by atomic mass is 32.1. The van der Waals surface area contributed by atoms with Gasteiger partial charge in [0.05, 0.1) is 9.75 Å². The summed E-state index contributed by atoms with van der Waals surface area (Å²) in [5, 5.41) is 12.5. The fourth-order valence-corrected chi connectivity index (χ4v) is 4.48. The van der Waals surface area contributed by atoms with Gasteiger partial charge < -0.3 is 0 Å². The summed E-state index contributed by atoms with van der Waals surface area (Å²) in [6.07, 6.45) is -0.397. The molecular formula is C25H20N4O2S2. The minimum absolute atomic E-state index is 0.397. The van der Waals surface area contributed by atoms with Crippen LogP contribution in [0.5, 0.6) is 0 Å². The van der Waals surface area contributed by atoms with E-state index in [1.165, 1.54) is 22.7 Å². The Morgan fingerprint density at radius 3 is 1.39 bits per heavy atom. The molecule has 0 radical (unpaired) electrons. The molecule has 164 valence electrons. The first kappa shape index (κ1) is 22.3. The van der Waals surface area contributed by atoms with Gasteiger partial charge in [-0.2, -0.15) is 10.2 Å². The molecule has 0 saturated heterocycles. The van der Waals surface area contributed by atoms with Crippen molar-refractivity contribution in [3.05, 3.63) is 117 Å². The standard InChI is InChI=1S/C25H20N4O2S2/c30-22(26-28-24(20-13-7-15-32-20)18-9-3-1-4-10-18)17-23(31)27-29-25(21-14-8-16-33-21)19-11-5-2-6-12-19/h1-16H,17H2,(H,26,30)(H,27,31)/b28-24-,29-25-. The summed E-state index contributed by atoms with van der Waals surface area (Å²) in [6.45, 7) is 0. The largest absolute Gasteiger partial charge is 0.273 e. The molecule has 0 atom stereocenters. The van der Waals surface area contributed by atoms with Crippen LogP contribution >= 0.6 is 22.7 Å². The van der Waals surface area contributed by atoms with Crippen molar-refractivity contribution in [1.29, 1.82) is 0 Å². The number of rotatable bonds is 8. The van der Waals surface area contributed by atoms with E-state index in [9.17, 15) is 9.59 Å². The number of benzene rings is 2. The Morgan fingerprint density at radius 1 is 0.606 bits per heavy atom. The van der Waals surface area contributed by atoms with Crippen molar-refractivity contribution in [3.63, 3.8) is 0 Å². The maximum absolute atomic E-state index is 12.4. The number of nitrogens with one attached hydrogen (secondary N) is 2. The normalized spacial score (nSPS) is 11.8. The Kier molecular flexibility index (Phi) is 7.52. The second-order valence-electron chi connectivity index (χ2n) is 6.85. The first-order valence-corrected chi connectivity index (χ1v) is 11.9. The summed E-state index contributed by atoms with van der Waals surface area (Å²) in [5.41, 5.74) is 8.02. The van der Waals surface area contributed by atoms with E-state index in [0.717, 1.165) is 20.9 Å². The molecule has 2 aromatic carbocycles. The molecule has 8 heteroatoms. The number of carbonyl (C=O) groups excluding carboxylic acids is 2. The molecule has 2 heterocycles. The molecule has 0 unspecified atom stereocenters. The highest BCUT2D eigenvalue weighted by Gasteiger charge is 2.13. The number of carbonyl (C=O) groups is 2. The lowest BCUT2D eigenvalue weighted by Crippen LogP contribution is -2.28. The molecule has 0 aliphatic heterocycles. The molecular weight excluding hydrogens is 452 g/mol. The van der Waals surface area contributed by atoms with Crippen molar-refractivity contribution in [1.82, 2.24) is 10.9 Å². The number of hydrazone groups is 2. The smallest absolute Gasteiger partial charge is 0.249 e. The predicted octanol–water partition coefficient (Wildman–Crippen LogP) is 4.64. The van der Waals surface area contributed by atoms with Crippen LogP contribution in [0.1, 0.15) is 27.3 Å². The molecule has 0 spiro atoms. The zero-order chi connectivity index (χ0) is 22.9. The first-order chi connectivity index (χ1) is 16.2. The summed E-state index contributed by atoms with van der Waals surface area (Å²) >= 11 is 3.04. The summed E-state index contributed by atoms with van der Waals surface area (Å²) < 4.78 is 0. The Labute approximate surface area is 199 Å². The Bertz CT molecular complexity index is 1150. The minimum atomic E-state index is -0.523. The van der Waals surface area contributed by atoms with Gasteiger partial charge in [-0.1, -0.05) is 72.8 Å². The molecule has 0 aliphatic rings. The molecule has 0 bridgehead atoms. The monoisotopic (exact) mass is 472 g/mol. The molecule has 2 N–H and O–H groups in total. The van der Waals surface area contributed by atoms with E-state index < -0.39 is 18.2 Å². The van der Waals surface area contributed by atoms with E-state index in [1.54, 1.807) is 0 Å². The van der Waals surface area contributed by atoms with Crippen LogP contribution in [-0.2, 0) is 9.59 Å². The first-order valence-electron chi connectivity index (χ1n) is 10.1. The molecule has 0 saturated carbocycles. The van der Waals surface area contributed by atoms with Gasteiger partial charge in [0, 0.05) is 11.1 Å². The summed E-state index contributed by atoms with van der Waals surface area (Å²) in [7, 11) is 0. The third-order valence-corrected chi connectivity index (χ3v) is 6.26. The fraction of sp³-hybridized carbons (Fsp3) is 0.0400. The molecule has 0 aliphatic carbocycles. The minimum Gasteiger partial charge on any atom is -0.273 e. The van der Waals surface area contributed by atoms with Crippen LogP contribution in [0.4, 0.5) is 0 Å². The number of thiophene rings is 2. The van der Waals surface area contributed by atoms with Crippen molar-refractivity contribution in [2.75, 3.05) is 0 Å². The molecule has 33 heavy (non-hydrogen) atoms. The lowest BCUT2D eigenvalue weighted by molar-refractivity contribution is -0.129.